The summed E-state index contributed by atoms with van der Waals surface area (Å²) in [4.78, 5) is 17.5. The lowest BCUT2D eigenvalue weighted by Crippen LogP contribution is -2.37. The van der Waals surface area contributed by atoms with E-state index in [1.807, 2.05) is 18.3 Å². The van der Waals surface area contributed by atoms with Crippen LogP contribution in [0.15, 0.2) is 54.7 Å². The Kier molecular flexibility index (Phi) is 5.45. The number of fused-ring (bicyclic) bond motifs is 2. The molecule has 0 aliphatic heterocycles. The van der Waals surface area contributed by atoms with Crippen molar-refractivity contribution in [3.8, 4) is 0 Å². The second-order valence-electron chi connectivity index (χ2n) is 10.1. The van der Waals surface area contributed by atoms with E-state index in [1.54, 1.807) is 24.3 Å². The maximum Gasteiger partial charge on any atom is 0.230 e. The lowest BCUT2D eigenvalue weighted by atomic mass is 9.75. The van der Waals surface area contributed by atoms with Gasteiger partial charge < -0.3 is 5.32 Å². The van der Waals surface area contributed by atoms with E-state index in [0.29, 0.717) is 28.7 Å². The van der Waals surface area contributed by atoms with E-state index >= 15 is 0 Å². The highest BCUT2D eigenvalue weighted by Gasteiger charge is 2.48. The van der Waals surface area contributed by atoms with Crippen molar-refractivity contribution in [3.05, 3.63) is 71.1 Å². The van der Waals surface area contributed by atoms with Crippen LogP contribution in [0.25, 0.3) is 10.9 Å². The zero-order valence-electron chi connectivity index (χ0n) is 18.4. The van der Waals surface area contributed by atoms with Gasteiger partial charge in [0, 0.05) is 27.7 Å². The normalized spacial score (nSPS) is 25.1. The monoisotopic (exact) mass is 450 g/mol. The van der Waals surface area contributed by atoms with E-state index in [0.717, 1.165) is 42.3 Å². The Morgan fingerprint density at radius 2 is 1.72 bits per heavy atom. The van der Waals surface area contributed by atoms with E-state index in [4.69, 9.17) is 11.6 Å². The molecule has 3 nitrogen and oxygen atoms in total. The molecule has 5 rings (SSSR count). The molecule has 2 aliphatic rings. The first kappa shape index (κ1) is 21.4. The second-order valence-corrected chi connectivity index (χ2v) is 10.5. The average Bonchev–Trinajstić information content (AvgIpc) is 3.34. The van der Waals surface area contributed by atoms with Crippen LogP contribution in [0.4, 0.5) is 10.1 Å². The topological polar surface area (TPSA) is 42.0 Å². The van der Waals surface area contributed by atoms with Crippen LogP contribution in [0.1, 0.15) is 51.0 Å². The number of aromatic nitrogens is 1. The van der Waals surface area contributed by atoms with Crippen LogP contribution < -0.4 is 5.32 Å². The standard InChI is InChI=1S/C27H28ClFN2O/c1-27(2,26(32)31-22-6-3-20(28)4-7-22)19-13-16-11-18(12-17(16)14-19)23-9-10-30-25-8-5-21(29)15-24(23)25/h3-10,15-19H,11-14H2,1-2H3,(H,31,32)/t16-,17?,18-,19+/m1/s1. The van der Waals surface area contributed by atoms with Gasteiger partial charge in [-0.2, -0.15) is 0 Å². The van der Waals surface area contributed by atoms with E-state index in [9.17, 15) is 9.18 Å². The smallest absolute Gasteiger partial charge is 0.230 e. The molecule has 1 heterocycles. The van der Waals surface area contributed by atoms with Gasteiger partial charge in [0.25, 0.3) is 0 Å². The van der Waals surface area contributed by atoms with E-state index < -0.39 is 5.41 Å². The van der Waals surface area contributed by atoms with Crippen LogP contribution in [0.2, 0.25) is 5.02 Å². The Hall–Kier alpha value is -2.46. The lowest BCUT2D eigenvalue weighted by Gasteiger charge is -2.31. The number of benzene rings is 2. The molecule has 5 heteroatoms. The molecule has 1 unspecified atom stereocenters. The summed E-state index contributed by atoms with van der Waals surface area (Å²) >= 11 is 5.96. The number of rotatable bonds is 4. The molecule has 1 aromatic heterocycles. The number of hydrogen-bond donors (Lipinski definition) is 1. The van der Waals surface area contributed by atoms with Gasteiger partial charge in [0.05, 0.1) is 5.52 Å². The summed E-state index contributed by atoms with van der Waals surface area (Å²) in [6.07, 6.45) is 6.19. The molecule has 2 saturated carbocycles. The molecule has 4 atom stereocenters. The van der Waals surface area contributed by atoms with Gasteiger partial charge in [0.2, 0.25) is 5.91 Å². The van der Waals surface area contributed by atoms with Crippen molar-refractivity contribution < 1.29 is 9.18 Å². The highest BCUT2D eigenvalue weighted by atomic mass is 35.5. The number of nitrogens with one attached hydrogen (secondary N) is 1. The number of nitrogens with zero attached hydrogens (tertiary/aromatic N) is 1. The first-order valence-corrected chi connectivity index (χ1v) is 11.8. The second kappa shape index (κ2) is 8.15. The molecule has 0 bridgehead atoms. The third-order valence-corrected chi connectivity index (χ3v) is 8.15. The number of amides is 1. The van der Waals surface area contributed by atoms with Gasteiger partial charge in [0.1, 0.15) is 5.82 Å². The van der Waals surface area contributed by atoms with Crippen LogP contribution in [0, 0.1) is 29.0 Å². The predicted molar refractivity (Wildman–Crippen MR) is 127 cm³/mol. The van der Waals surface area contributed by atoms with Crippen molar-refractivity contribution in [1.29, 1.82) is 0 Å². The minimum absolute atomic E-state index is 0.0666. The average molecular weight is 451 g/mol. The fourth-order valence-corrected chi connectivity index (χ4v) is 6.09. The predicted octanol–water partition coefficient (Wildman–Crippen LogP) is 7.21. The summed E-state index contributed by atoms with van der Waals surface area (Å²) in [6.45, 7) is 4.14. The molecule has 2 aliphatic carbocycles. The van der Waals surface area contributed by atoms with Crippen LogP contribution >= 0.6 is 11.6 Å². The summed E-state index contributed by atoms with van der Waals surface area (Å²) in [5.41, 5.74) is 2.42. The summed E-state index contributed by atoms with van der Waals surface area (Å²) in [6, 6.07) is 14.2. The highest BCUT2D eigenvalue weighted by Crippen LogP contribution is 2.56. The van der Waals surface area contributed by atoms with Crippen LogP contribution in [-0.2, 0) is 4.79 Å². The number of carbonyl (C=O) groups excluding carboxylic acids is 1. The Morgan fingerprint density at radius 3 is 2.41 bits per heavy atom. The molecule has 3 aromatic rings. The summed E-state index contributed by atoms with van der Waals surface area (Å²) < 4.78 is 13.9. The first-order chi connectivity index (χ1) is 15.3. The van der Waals surface area contributed by atoms with E-state index in [1.165, 1.54) is 11.6 Å². The molecule has 1 amide bonds. The molecular formula is C27H28ClFN2O. The molecule has 0 radical (unpaired) electrons. The summed E-state index contributed by atoms with van der Waals surface area (Å²) in [5.74, 6) is 1.88. The van der Waals surface area contributed by atoms with Crippen molar-refractivity contribution in [2.24, 2.45) is 23.2 Å². The Labute approximate surface area is 193 Å². The van der Waals surface area contributed by atoms with E-state index in [-0.39, 0.29) is 11.7 Å². The zero-order chi connectivity index (χ0) is 22.5. The molecule has 32 heavy (non-hydrogen) atoms. The third kappa shape index (κ3) is 3.90. The fraction of sp³-hybridized carbons (Fsp3) is 0.407. The molecule has 1 N–H and O–H groups in total. The molecule has 0 spiro atoms. The van der Waals surface area contributed by atoms with Crippen molar-refractivity contribution in [2.75, 3.05) is 5.32 Å². The highest BCUT2D eigenvalue weighted by molar-refractivity contribution is 6.30. The quantitative estimate of drug-likeness (QED) is 0.456. The molecule has 2 fully saturated rings. The van der Waals surface area contributed by atoms with Gasteiger partial charge >= 0.3 is 0 Å². The number of carbonyl (C=O) groups is 1. The molecule has 2 aromatic carbocycles. The van der Waals surface area contributed by atoms with Crippen LogP contribution in [0.3, 0.4) is 0 Å². The van der Waals surface area contributed by atoms with Crippen molar-refractivity contribution >= 4 is 34.1 Å². The first-order valence-electron chi connectivity index (χ1n) is 11.4. The van der Waals surface area contributed by atoms with Gasteiger partial charge in [0.15, 0.2) is 0 Å². The van der Waals surface area contributed by atoms with Crippen molar-refractivity contribution in [2.45, 2.75) is 45.4 Å². The maximum absolute atomic E-state index is 13.9. The number of hydrogen-bond acceptors (Lipinski definition) is 2. The summed E-state index contributed by atoms with van der Waals surface area (Å²) in [5, 5.41) is 4.67. The van der Waals surface area contributed by atoms with Crippen molar-refractivity contribution in [1.82, 2.24) is 4.98 Å². The lowest BCUT2D eigenvalue weighted by molar-refractivity contribution is -0.126. The summed E-state index contributed by atoms with van der Waals surface area (Å²) in [7, 11) is 0. The Morgan fingerprint density at radius 1 is 1.03 bits per heavy atom. The van der Waals surface area contributed by atoms with Gasteiger partial charge in [-0.3, -0.25) is 9.78 Å². The Balaban J connectivity index is 1.28. The van der Waals surface area contributed by atoms with Crippen LogP contribution in [0.5, 0.6) is 0 Å². The minimum atomic E-state index is -0.439. The van der Waals surface area contributed by atoms with Crippen molar-refractivity contribution in [3.63, 3.8) is 0 Å². The zero-order valence-corrected chi connectivity index (χ0v) is 19.2. The molecule has 166 valence electrons. The van der Waals surface area contributed by atoms with Gasteiger partial charge in [-0.25, -0.2) is 4.39 Å². The number of anilines is 1. The molecular weight excluding hydrogens is 423 g/mol. The minimum Gasteiger partial charge on any atom is -0.326 e. The van der Waals surface area contributed by atoms with Crippen LogP contribution in [-0.4, -0.2) is 10.9 Å². The SMILES string of the molecule is CC(C)(C(=O)Nc1ccc(Cl)cc1)[C@@H]1CC2C[C@H](c3ccnc4ccc(F)cc34)C[C@@H]2C1. The fourth-order valence-electron chi connectivity index (χ4n) is 5.97. The number of pyridine rings is 1. The van der Waals surface area contributed by atoms with Gasteiger partial charge in [-0.15, -0.1) is 0 Å². The third-order valence-electron chi connectivity index (χ3n) is 7.90. The maximum atomic E-state index is 13.9. The Bertz CT molecular complexity index is 1150. The molecule has 0 saturated heterocycles. The number of halogens is 2. The largest absolute Gasteiger partial charge is 0.326 e. The van der Waals surface area contributed by atoms with Gasteiger partial charge in [-0.1, -0.05) is 25.4 Å². The van der Waals surface area contributed by atoms with Gasteiger partial charge in [-0.05, 0) is 103 Å². The van der Waals surface area contributed by atoms with E-state index in [2.05, 4.69) is 30.2 Å².